The Kier molecular flexibility index (Phi) is 10.2. The Labute approximate surface area is 436 Å². The fourth-order valence-corrected chi connectivity index (χ4v) is 13.7. The molecule has 0 aliphatic rings. The summed E-state index contributed by atoms with van der Waals surface area (Å²) < 4.78 is 0. The van der Waals surface area contributed by atoms with Crippen LogP contribution < -0.4 is 0 Å². The standard InChI is InChI=1S/C74H64/c1-41-35-43(3)63(44(4)36-41)71-57-25-17-23-55-65(47-27-31-49(32-28-47)73(7,8)9)51-19-13-15-21-53(51)67(69(55)57)59-40-62-60(39-61(59)71)68-54-22-16-14-20-52(54)66(48-29-33-50(34-30-48)74(10,11)12)56-24-18-26-58(70(56)68)72(62)64-45(5)37-42(2)38-46(64)6/h13-40H,1-12H3. The molecule has 0 spiro atoms. The Morgan fingerprint density at radius 1 is 0.230 bits per heavy atom. The lowest BCUT2D eigenvalue weighted by Crippen LogP contribution is -2.10. The van der Waals surface area contributed by atoms with E-state index in [2.05, 4.69) is 253 Å². The molecular formula is C74H64. The van der Waals surface area contributed by atoms with Crippen molar-refractivity contribution < 1.29 is 0 Å². The molecule has 0 aliphatic carbocycles. The van der Waals surface area contributed by atoms with E-state index in [0.717, 1.165) is 0 Å². The normalized spacial score (nSPS) is 12.6. The van der Waals surface area contributed by atoms with Crippen molar-refractivity contribution >= 4 is 86.2 Å². The number of hydrogen-bond acceptors (Lipinski definition) is 0. The van der Waals surface area contributed by atoms with Crippen molar-refractivity contribution in [3.63, 3.8) is 0 Å². The van der Waals surface area contributed by atoms with E-state index in [0.29, 0.717) is 0 Å². The van der Waals surface area contributed by atoms with Gasteiger partial charge in [-0.25, -0.2) is 0 Å². The molecule has 0 heterocycles. The van der Waals surface area contributed by atoms with Crippen molar-refractivity contribution in [1.82, 2.24) is 0 Å². The average molecular weight is 953 g/mol. The smallest absolute Gasteiger partial charge is 0.00134 e. The van der Waals surface area contributed by atoms with Gasteiger partial charge in [0.15, 0.2) is 0 Å². The van der Waals surface area contributed by atoms with Gasteiger partial charge >= 0.3 is 0 Å². The second-order valence-electron chi connectivity index (χ2n) is 23.9. The molecule has 0 fully saturated rings. The van der Waals surface area contributed by atoms with E-state index in [4.69, 9.17) is 0 Å². The largest absolute Gasteiger partial charge is 0.0616 e. The van der Waals surface area contributed by atoms with Crippen LogP contribution in [-0.2, 0) is 10.8 Å². The molecule has 0 unspecified atom stereocenters. The Bertz CT molecular complexity index is 4170. The van der Waals surface area contributed by atoms with E-state index in [1.54, 1.807) is 0 Å². The first kappa shape index (κ1) is 46.0. The molecule has 360 valence electrons. The molecule has 0 aliphatic heterocycles. The van der Waals surface area contributed by atoms with Gasteiger partial charge in [-0.15, -0.1) is 0 Å². The second kappa shape index (κ2) is 16.4. The van der Waals surface area contributed by atoms with Crippen molar-refractivity contribution in [3.8, 4) is 44.5 Å². The molecule has 13 rings (SSSR count). The zero-order chi connectivity index (χ0) is 51.3. The van der Waals surface area contributed by atoms with Crippen LogP contribution in [-0.4, -0.2) is 0 Å². The Hall–Kier alpha value is -7.80. The first-order chi connectivity index (χ1) is 35.5. The molecule has 0 amide bonds. The molecule has 0 nitrogen and oxygen atoms in total. The minimum Gasteiger partial charge on any atom is -0.0616 e. The molecule has 0 aromatic heterocycles. The van der Waals surface area contributed by atoms with Crippen molar-refractivity contribution in [3.05, 3.63) is 214 Å². The molecule has 13 aromatic rings. The highest BCUT2D eigenvalue weighted by Crippen LogP contribution is 2.55. The number of aryl methyl sites for hydroxylation is 6. The number of fused-ring (bicyclic) bond motifs is 8. The Balaban J connectivity index is 1.30. The van der Waals surface area contributed by atoms with Crippen LogP contribution in [0.1, 0.15) is 86.1 Å². The van der Waals surface area contributed by atoms with Gasteiger partial charge in [-0.2, -0.15) is 0 Å². The van der Waals surface area contributed by atoms with Crippen molar-refractivity contribution in [1.29, 1.82) is 0 Å². The summed E-state index contributed by atoms with van der Waals surface area (Å²) in [4.78, 5) is 0. The molecule has 0 saturated carbocycles. The molecule has 74 heavy (non-hydrogen) atoms. The first-order valence-corrected chi connectivity index (χ1v) is 26.7. The second-order valence-corrected chi connectivity index (χ2v) is 23.9. The summed E-state index contributed by atoms with van der Waals surface area (Å²) in [5.41, 5.74) is 21.0. The summed E-state index contributed by atoms with van der Waals surface area (Å²) in [5, 5.41) is 20.8. The van der Waals surface area contributed by atoms with Gasteiger partial charge in [0.05, 0.1) is 0 Å². The summed E-state index contributed by atoms with van der Waals surface area (Å²) in [6.45, 7) is 27.6. The maximum Gasteiger partial charge on any atom is -0.00134 e. The van der Waals surface area contributed by atoms with Crippen LogP contribution in [0.2, 0.25) is 0 Å². The van der Waals surface area contributed by atoms with Crippen molar-refractivity contribution in [2.24, 2.45) is 0 Å². The van der Waals surface area contributed by atoms with E-state index in [9.17, 15) is 0 Å². The summed E-state index contributed by atoms with van der Waals surface area (Å²) in [6, 6.07) is 66.4. The summed E-state index contributed by atoms with van der Waals surface area (Å²) >= 11 is 0. The van der Waals surface area contributed by atoms with E-state index in [1.807, 2.05) is 0 Å². The van der Waals surface area contributed by atoms with Crippen molar-refractivity contribution in [2.45, 2.75) is 93.9 Å². The van der Waals surface area contributed by atoms with Crippen LogP contribution in [0.4, 0.5) is 0 Å². The van der Waals surface area contributed by atoms with Crippen LogP contribution in [0, 0.1) is 41.5 Å². The lowest BCUT2D eigenvalue weighted by Gasteiger charge is -2.26. The molecule has 0 heteroatoms. The third-order valence-electron chi connectivity index (χ3n) is 16.8. The molecular weight excluding hydrogens is 889 g/mol. The zero-order valence-corrected chi connectivity index (χ0v) is 45.2. The Morgan fingerprint density at radius 2 is 0.514 bits per heavy atom. The third-order valence-corrected chi connectivity index (χ3v) is 16.8. The number of rotatable bonds is 4. The SMILES string of the molecule is Cc1cc(C)c(-c2c3cc4c(cc3c3c5ccccc5c(-c5ccc(C(C)(C)C)cc5)c5cccc2c53)c(-c2c(C)cc(C)cc2C)c2cccc3c(-c5ccc(C(C)(C)C)cc5)c5ccccc5c4c32)c(C)c1. The minimum absolute atomic E-state index is 0.0571. The molecule has 0 saturated heterocycles. The molecule has 0 atom stereocenters. The van der Waals surface area contributed by atoms with Gasteiger partial charge in [0.25, 0.3) is 0 Å². The molecule has 0 N–H and O–H groups in total. The average Bonchev–Trinajstić information content (AvgIpc) is 3.39. The monoisotopic (exact) mass is 953 g/mol. The predicted octanol–water partition coefficient (Wildman–Crippen LogP) is 21.5. The van der Waals surface area contributed by atoms with Crippen LogP contribution >= 0.6 is 0 Å². The maximum absolute atomic E-state index is 2.64. The van der Waals surface area contributed by atoms with E-state index < -0.39 is 0 Å². The van der Waals surface area contributed by atoms with Gasteiger partial charge in [0.2, 0.25) is 0 Å². The number of hydrogen-bond donors (Lipinski definition) is 0. The van der Waals surface area contributed by atoms with Crippen LogP contribution in [0.3, 0.4) is 0 Å². The van der Waals surface area contributed by atoms with Gasteiger partial charge in [-0.05, 0) is 229 Å². The van der Waals surface area contributed by atoms with Crippen LogP contribution in [0.25, 0.3) is 131 Å². The fraction of sp³-hybridized carbons (Fsp3) is 0.189. The summed E-state index contributed by atoms with van der Waals surface area (Å²) in [6.07, 6.45) is 0. The van der Waals surface area contributed by atoms with E-state index >= 15 is 0 Å². The van der Waals surface area contributed by atoms with E-state index in [-0.39, 0.29) is 10.8 Å². The lowest BCUT2D eigenvalue weighted by atomic mass is 9.77. The van der Waals surface area contributed by atoms with E-state index in [1.165, 1.54) is 175 Å². The highest BCUT2D eigenvalue weighted by molar-refractivity contribution is 6.42. The molecule has 0 radical (unpaired) electrons. The third kappa shape index (κ3) is 6.80. The van der Waals surface area contributed by atoms with Crippen LogP contribution in [0.5, 0.6) is 0 Å². The zero-order valence-electron chi connectivity index (χ0n) is 45.2. The van der Waals surface area contributed by atoms with Gasteiger partial charge < -0.3 is 0 Å². The topological polar surface area (TPSA) is 0 Å². The fourth-order valence-electron chi connectivity index (χ4n) is 13.7. The van der Waals surface area contributed by atoms with Gasteiger partial charge in [0.1, 0.15) is 0 Å². The minimum atomic E-state index is 0.0571. The Morgan fingerprint density at radius 3 is 0.838 bits per heavy atom. The first-order valence-electron chi connectivity index (χ1n) is 26.7. The number of benzene rings is 13. The quantitative estimate of drug-likeness (QED) is 0.122. The highest BCUT2D eigenvalue weighted by Gasteiger charge is 2.28. The highest BCUT2D eigenvalue weighted by atomic mass is 14.3. The summed E-state index contributed by atoms with van der Waals surface area (Å²) in [5.74, 6) is 0. The molecule has 0 bridgehead atoms. The van der Waals surface area contributed by atoms with Crippen LogP contribution in [0.15, 0.2) is 170 Å². The lowest BCUT2D eigenvalue weighted by molar-refractivity contribution is 0.590. The van der Waals surface area contributed by atoms with Gasteiger partial charge in [0, 0.05) is 0 Å². The van der Waals surface area contributed by atoms with Gasteiger partial charge in [-0.1, -0.05) is 210 Å². The van der Waals surface area contributed by atoms with Gasteiger partial charge in [-0.3, -0.25) is 0 Å². The predicted molar refractivity (Wildman–Crippen MR) is 325 cm³/mol. The van der Waals surface area contributed by atoms with Crippen molar-refractivity contribution in [2.75, 3.05) is 0 Å². The maximum atomic E-state index is 2.64. The summed E-state index contributed by atoms with van der Waals surface area (Å²) in [7, 11) is 0. The molecule has 13 aromatic carbocycles.